The second-order valence-corrected chi connectivity index (χ2v) is 13.7. The molecule has 7 heteroatoms. The average molecular weight is 545 g/mol. The molecule has 186 valence electrons. The Bertz CT molecular complexity index is 862. The number of fused-ring (bicyclic) bond motifs is 1. The predicted molar refractivity (Wildman–Crippen MR) is 137 cm³/mol. The zero-order valence-corrected chi connectivity index (χ0v) is 23.4. The molecule has 0 heterocycles. The molecule has 1 N–H and O–H groups in total. The van der Waals surface area contributed by atoms with E-state index in [1.165, 1.54) is 12.5 Å². The van der Waals surface area contributed by atoms with Gasteiger partial charge in [0.25, 0.3) is 0 Å². The van der Waals surface area contributed by atoms with Gasteiger partial charge in [-0.1, -0.05) is 42.4 Å². The SMILES string of the molecule is C=C(OCC)[C@]1(N[S+]([O-])C(C)(C)C)c2cc(Br)ccc2CC12C[C@@H](C)C(OC(C)F)[C@@H](C)C2. The van der Waals surface area contributed by atoms with Crippen LogP contribution in [0.4, 0.5) is 4.39 Å². The summed E-state index contributed by atoms with van der Waals surface area (Å²) in [5.41, 5.74) is 1.09. The minimum Gasteiger partial charge on any atom is -0.598 e. The third-order valence-electron chi connectivity index (χ3n) is 7.23. The Balaban J connectivity index is 2.20. The van der Waals surface area contributed by atoms with E-state index < -0.39 is 28.0 Å². The van der Waals surface area contributed by atoms with E-state index in [9.17, 15) is 8.94 Å². The summed E-state index contributed by atoms with van der Waals surface area (Å²) in [4.78, 5) is 0. The number of hydrogen-bond acceptors (Lipinski definition) is 4. The highest BCUT2D eigenvalue weighted by Crippen LogP contribution is 2.63. The summed E-state index contributed by atoms with van der Waals surface area (Å²) in [6.45, 7) is 18.4. The second kappa shape index (κ2) is 9.81. The van der Waals surface area contributed by atoms with Gasteiger partial charge in [-0.2, -0.15) is 0 Å². The Labute approximate surface area is 210 Å². The lowest BCUT2D eigenvalue weighted by Crippen LogP contribution is -2.62. The van der Waals surface area contributed by atoms with Gasteiger partial charge in [-0.25, -0.2) is 4.39 Å². The lowest BCUT2D eigenvalue weighted by Gasteiger charge is -2.54. The topological polar surface area (TPSA) is 53.5 Å². The maximum Gasteiger partial charge on any atom is 0.196 e. The minimum atomic E-state index is -1.37. The quantitative estimate of drug-likeness (QED) is 0.312. The number of alkyl halides is 1. The van der Waals surface area contributed by atoms with Gasteiger partial charge in [-0.05, 0) is 89.0 Å². The Morgan fingerprint density at radius 3 is 2.45 bits per heavy atom. The summed E-state index contributed by atoms with van der Waals surface area (Å²) in [5, 5.41) is 0. The highest BCUT2D eigenvalue weighted by atomic mass is 79.9. The lowest BCUT2D eigenvalue weighted by molar-refractivity contribution is -0.152. The molecule has 0 aromatic heterocycles. The molecule has 1 fully saturated rings. The Hall–Kier alpha value is -0.600. The third-order valence-corrected chi connectivity index (χ3v) is 9.33. The maximum atomic E-state index is 13.8. The molecule has 0 saturated heterocycles. The normalized spacial score (nSPS) is 33.6. The summed E-state index contributed by atoms with van der Waals surface area (Å²) < 4.78 is 43.4. The number of ether oxygens (including phenoxy) is 2. The fraction of sp³-hybridized carbons (Fsp3) is 0.692. The molecule has 3 rings (SSSR count). The van der Waals surface area contributed by atoms with Crippen LogP contribution in [0.25, 0.3) is 0 Å². The Morgan fingerprint density at radius 2 is 1.94 bits per heavy atom. The van der Waals surface area contributed by atoms with Gasteiger partial charge in [0.15, 0.2) is 11.9 Å². The highest BCUT2D eigenvalue weighted by Gasteiger charge is 2.65. The van der Waals surface area contributed by atoms with Crippen molar-refractivity contribution in [2.75, 3.05) is 6.61 Å². The largest absolute Gasteiger partial charge is 0.598 e. The predicted octanol–water partition coefficient (Wildman–Crippen LogP) is 6.56. The first-order valence-electron chi connectivity index (χ1n) is 11.9. The first-order chi connectivity index (χ1) is 15.3. The molecule has 2 aliphatic carbocycles. The molecule has 1 aromatic rings. The van der Waals surface area contributed by atoms with Crippen LogP contribution in [0.3, 0.4) is 0 Å². The van der Waals surface area contributed by atoms with Crippen molar-refractivity contribution in [3.8, 4) is 0 Å². The highest BCUT2D eigenvalue weighted by molar-refractivity contribution is 9.10. The van der Waals surface area contributed by atoms with Gasteiger partial charge in [0.05, 0.1) is 12.7 Å². The van der Waals surface area contributed by atoms with E-state index in [4.69, 9.17) is 9.47 Å². The zero-order valence-electron chi connectivity index (χ0n) is 21.0. The summed E-state index contributed by atoms with van der Waals surface area (Å²) in [6, 6.07) is 6.31. The number of hydrogen-bond donors (Lipinski definition) is 1. The smallest absolute Gasteiger partial charge is 0.196 e. The van der Waals surface area contributed by atoms with Crippen molar-refractivity contribution in [1.29, 1.82) is 0 Å². The van der Waals surface area contributed by atoms with Crippen LogP contribution in [-0.4, -0.2) is 28.4 Å². The van der Waals surface area contributed by atoms with Gasteiger partial charge in [0.2, 0.25) is 0 Å². The molecule has 4 unspecified atom stereocenters. The van der Waals surface area contributed by atoms with E-state index >= 15 is 0 Å². The third kappa shape index (κ3) is 4.90. The van der Waals surface area contributed by atoms with E-state index in [-0.39, 0.29) is 23.4 Å². The molecule has 33 heavy (non-hydrogen) atoms. The van der Waals surface area contributed by atoms with Crippen LogP contribution < -0.4 is 4.72 Å². The molecular weight excluding hydrogens is 505 g/mol. The monoisotopic (exact) mass is 543 g/mol. The Morgan fingerprint density at radius 1 is 1.33 bits per heavy atom. The molecule has 0 radical (unpaired) electrons. The molecular formula is C26H39BrFNO3S. The van der Waals surface area contributed by atoms with Crippen LogP contribution in [0.15, 0.2) is 35.0 Å². The standard InChI is InChI=1S/C26H39BrFNO3S/c1-9-31-18(4)26(29-33(30)24(6,7)8)22-12-21(27)11-10-20(22)15-25(26)13-16(2)23(17(3)14-25)32-19(5)28/h10-12,16-17,19,23,29H,4,9,13-15H2,1-3,5-8H3/t16-,17+,19?,23?,25?,26-,33?/m0/s1. The summed E-state index contributed by atoms with van der Waals surface area (Å²) >= 11 is 2.28. The first-order valence-corrected chi connectivity index (χ1v) is 13.8. The lowest BCUT2D eigenvalue weighted by atomic mass is 9.56. The molecule has 0 bridgehead atoms. The van der Waals surface area contributed by atoms with Crippen LogP contribution in [0.5, 0.6) is 0 Å². The van der Waals surface area contributed by atoms with Crippen molar-refractivity contribution in [3.63, 3.8) is 0 Å². The molecule has 7 atom stereocenters. The van der Waals surface area contributed by atoms with Crippen molar-refractivity contribution in [1.82, 2.24) is 4.72 Å². The van der Waals surface area contributed by atoms with Gasteiger partial charge in [0.1, 0.15) is 10.5 Å². The Kier molecular flexibility index (Phi) is 8.02. The van der Waals surface area contributed by atoms with Crippen molar-refractivity contribution in [2.45, 2.75) is 90.5 Å². The molecule has 0 aliphatic heterocycles. The van der Waals surface area contributed by atoms with E-state index in [1.54, 1.807) is 0 Å². The second-order valence-electron chi connectivity index (χ2n) is 10.9. The van der Waals surface area contributed by atoms with Gasteiger partial charge in [-0.15, -0.1) is 4.72 Å². The van der Waals surface area contributed by atoms with E-state index in [0.717, 1.165) is 29.3 Å². The van der Waals surface area contributed by atoms with Crippen molar-refractivity contribution < 1.29 is 18.4 Å². The van der Waals surface area contributed by atoms with E-state index in [1.807, 2.05) is 27.7 Å². The molecule has 1 aromatic carbocycles. The molecule has 4 nitrogen and oxygen atoms in total. The van der Waals surface area contributed by atoms with Crippen LogP contribution in [0, 0.1) is 17.3 Å². The summed E-state index contributed by atoms with van der Waals surface area (Å²) in [5.74, 6) is 0.823. The van der Waals surface area contributed by atoms with Gasteiger partial charge in [0, 0.05) is 21.2 Å². The fourth-order valence-corrected chi connectivity index (χ4v) is 7.51. The molecule has 1 saturated carbocycles. The van der Waals surface area contributed by atoms with Crippen molar-refractivity contribution in [2.24, 2.45) is 17.3 Å². The average Bonchev–Trinajstić information content (AvgIpc) is 2.93. The molecule has 0 amide bonds. The van der Waals surface area contributed by atoms with Crippen LogP contribution in [-0.2, 0) is 32.8 Å². The van der Waals surface area contributed by atoms with Crippen molar-refractivity contribution >= 4 is 27.3 Å². The number of benzene rings is 1. The number of rotatable bonds is 7. The zero-order chi connectivity index (χ0) is 24.8. The van der Waals surface area contributed by atoms with Gasteiger partial charge in [-0.3, -0.25) is 0 Å². The van der Waals surface area contributed by atoms with Gasteiger partial charge < -0.3 is 14.0 Å². The van der Waals surface area contributed by atoms with Crippen molar-refractivity contribution in [3.05, 3.63) is 46.1 Å². The first kappa shape index (κ1) is 27.0. The molecule has 2 aliphatic rings. The summed E-state index contributed by atoms with van der Waals surface area (Å²) in [6.07, 6.45) is 0.892. The number of nitrogens with one attached hydrogen (secondary N) is 1. The van der Waals surface area contributed by atoms with Crippen LogP contribution in [0.2, 0.25) is 0 Å². The molecule has 1 spiro atoms. The van der Waals surface area contributed by atoms with E-state index in [0.29, 0.717) is 12.4 Å². The minimum absolute atomic E-state index is 0.114. The van der Waals surface area contributed by atoms with Crippen LogP contribution >= 0.6 is 15.9 Å². The van der Waals surface area contributed by atoms with E-state index in [2.05, 4.69) is 59.3 Å². The maximum absolute atomic E-state index is 13.8. The fourth-order valence-electron chi connectivity index (χ4n) is 6.12. The van der Waals surface area contributed by atoms with Crippen LogP contribution in [0.1, 0.15) is 72.4 Å². The number of halogens is 2. The summed E-state index contributed by atoms with van der Waals surface area (Å²) in [7, 11) is 0. The van der Waals surface area contributed by atoms with Gasteiger partial charge >= 0.3 is 0 Å².